The van der Waals surface area contributed by atoms with Crippen molar-refractivity contribution in [3.05, 3.63) is 92.4 Å². The summed E-state index contributed by atoms with van der Waals surface area (Å²) in [7, 11) is 3.25. The Labute approximate surface area is 252 Å². The van der Waals surface area contributed by atoms with E-state index >= 15 is 0 Å². The van der Waals surface area contributed by atoms with Gasteiger partial charge in [-0.25, -0.2) is 22.4 Å². The molecule has 1 N–H and O–H groups in total. The molecule has 0 saturated heterocycles. The first kappa shape index (κ1) is 34.1. The highest BCUT2D eigenvalue weighted by Crippen LogP contribution is 2.36. The van der Waals surface area contributed by atoms with Gasteiger partial charge in [-0.3, -0.25) is 14.5 Å². The Balaban J connectivity index is 0.00000169. The van der Waals surface area contributed by atoms with Crippen LogP contribution in [0.1, 0.15) is 54.0 Å². The number of ether oxygens (including phenoxy) is 3. The number of anilines is 1. The van der Waals surface area contributed by atoms with Crippen LogP contribution in [-0.2, 0) is 16.0 Å². The molecule has 2 amide bonds. The normalized spacial score (nSPS) is 14.4. The molecule has 3 aromatic rings. The average Bonchev–Trinajstić information content (AvgIpc) is 3.11. The summed E-state index contributed by atoms with van der Waals surface area (Å²) in [6.45, 7) is 7.54. The van der Waals surface area contributed by atoms with Crippen LogP contribution in [-0.4, -0.2) is 49.5 Å². The van der Waals surface area contributed by atoms with Gasteiger partial charge < -0.3 is 24.1 Å². The van der Waals surface area contributed by atoms with Gasteiger partial charge in [-0.05, 0) is 40.7 Å². The van der Waals surface area contributed by atoms with Gasteiger partial charge in [-0.1, -0.05) is 6.07 Å². The number of hydrogen-bond donors (Lipinski definition) is 1. The Morgan fingerprint density at radius 2 is 1.66 bits per heavy atom. The van der Waals surface area contributed by atoms with E-state index in [0.717, 1.165) is 23.1 Å². The molecular formula is C31H35F4N3O6. The number of nitrogens with zero attached hydrogens (tertiary/aromatic N) is 2. The van der Waals surface area contributed by atoms with Crippen molar-refractivity contribution >= 4 is 17.7 Å². The zero-order valence-corrected chi connectivity index (χ0v) is 25.5. The molecular weight excluding hydrogens is 586 g/mol. The molecule has 9 nitrogen and oxygen atoms in total. The van der Waals surface area contributed by atoms with E-state index in [9.17, 15) is 31.9 Å². The fraction of sp³-hybridized carbons (Fsp3) is 0.387. The van der Waals surface area contributed by atoms with Gasteiger partial charge in [-0.15, -0.1) is 0 Å². The van der Waals surface area contributed by atoms with E-state index in [1.54, 1.807) is 46.5 Å². The first-order chi connectivity index (χ1) is 20.6. The van der Waals surface area contributed by atoms with Crippen molar-refractivity contribution in [2.45, 2.75) is 52.8 Å². The number of hydrogen-bond acceptors (Lipinski definition) is 6. The zero-order valence-electron chi connectivity index (χ0n) is 25.5. The highest BCUT2D eigenvalue weighted by Gasteiger charge is 2.33. The minimum atomic E-state index is -1.19. The number of fused-ring (bicyclic) bond motifs is 1. The molecule has 0 radical (unpaired) electrons. The minimum Gasteiger partial charge on any atom is -0.489 e. The van der Waals surface area contributed by atoms with Crippen LogP contribution in [0.5, 0.6) is 5.75 Å². The third kappa shape index (κ3) is 7.95. The number of carbonyl (C=O) groups is 2. The molecule has 2 heterocycles. The van der Waals surface area contributed by atoms with Crippen molar-refractivity contribution in [2.24, 2.45) is 0 Å². The summed E-state index contributed by atoms with van der Waals surface area (Å²) in [4.78, 5) is 40.4. The van der Waals surface area contributed by atoms with Crippen molar-refractivity contribution in [2.75, 3.05) is 32.3 Å². The summed E-state index contributed by atoms with van der Waals surface area (Å²) in [5, 5.41) is 2.47. The second kappa shape index (κ2) is 13.9. The lowest BCUT2D eigenvalue weighted by molar-refractivity contribution is 0.0575. The number of amides is 2. The average molecular weight is 622 g/mol. The molecule has 2 aromatic carbocycles. The molecule has 44 heavy (non-hydrogen) atoms. The van der Waals surface area contributed by atoms with E-state index < -0.39 is 52.3 Å². The maximum Gasteiger partial charge on any atom is 0.415 e. The smallest absolute Gasteiger partial charge is 0.415 e. The number of methoxy groups -OCH3 is 1. The first-order valence-corrected chi connectivity index (χ1v) is 13.5. The molecule has 0 spiro atoms. The third-order valence-electron chi connectivity index (χ3n) is 6.61. The van der Waals surface area contributed by atoms with E-state index in [1.807, 2.05) is 0 Å². The molecule has 0 aliphatic carbocycles. The van der Waals surface area contributed by atoms with Crippen LogP contribution < -0.4 is 20.4 Å². The molecule has 1 atom stereocenters. The molecule has 1 aliphatic heterocycles. The standard InChI is InChI=1S/C29H29F4N3O5.C2H6O/c1-15-16(2)35(13-20(26(15)37)27(38)34-11-17-6-7-18(30)8-21(17)31)19-12-36(28(39)41-29(3,4)5)24-9-22(32)23(33)10-25(24)40-14-19;1-3-2/h6-10,13,19H,11-12,14H2,1-5H3,(H,34,38);1-2H3. The highest BCUT2D eigenvalue weighted by molar-refractivity contribution is 5.94. The Kier molecular flexibility index (Phi) is 10.8. The van der Waals surface area contributed by atoms with Crippen LogP contribution in [0.3, 0.4) is 0 Å². The molecule has 13 heteroatoms. The van der Waals surface area contributed by atoms with E-state index in [4.69, 9.17) is 9.47 Å². The van der Waals surface area contributed by atoms with Crippen LogP contribution >= 0.6 is 0 Å². The van der Waals surface area contributed by atoms with E-state index in [-0.39, 0.29) is 47.8 Å². The largest absolute Gasteiger partial charge is 0.489 e. The van der Waals surface area contributed by atoms with Crippen LogP contribution in [0, 0.1) is 37.1 Å². The lowest BCUT2D eigenvalue weighted by Gasteiger charge is -2.30. The van der Waals surface area contributed by atoms with E-state index in [1.165, 1.54) is 19.2 Å². The SMILES string of the molecule is COC.Cc1c(C)n(C2COc3cc(F)c(F)cc3N(C(=O)OC(C)(C)C)C2)cc(C(=O)NCc2ccc(F)cc2F)c1=O. The van der Waals surface area contributed by atoms with Crippen LogP contribution in [0.25, 0.3) is 0 Å². The van der Waals surface area contributed by atoms with Gasteiger partial charge in [0.2, 0.25) is 0 Å². The fourth-order valence-corrected chi connectivity index (χ4v) is 4.38. The summed E-state index contributed by atoms with van der Waals surface area (Å²) < 4.78 is 72.7. The van der Waals surface area contributed by atoms with Crippen molar-refractivity contribution in [1.29, 1.82) is 0 Å². The van der Waals surface area contributed by atoms with E-state index in [0.29, 0.717) is 11.8 Å². The first-order valence-electron chi connectivity index (χ1n) is 13.5. The molecule has 1 aliphatic rings. The number of benzene rings is 2. The zero-order chi connectivity index (χ0) is 32.9. The summed E-state index contributed by atoms with van der Waals surface area (Å²) in [5.41, 5.74) is -1.08. The van der Waals surface area contributed by atoms with Crippen molar-refractivity contribution in [1.82, 2.24) is 9.88 Å². The van der Waals surface area contributed by atoms with Gasteiger partial charge in [0.25, 0.3) is 5.91 Å². The van der Waals surface area contributed by atoms with Gasteiger partial charge >= 0.3 is 6.09 Å². The number of nitrogens with one attached hydrogen (secondary N) is 1. The van der Waals surface area contributed by atoms with Gasteiger partial charge in [-0.2, -0.15) is 0 Å². The Morgan fingerprint density at radius 1 is 1.02 bits per heavy atom. The lowest BCUT2D eigenvalue weighted by atomic mass is 10.1. The Morgan fingerprint density at radius 3 is 2.27 bits per heavy atom. The summed E-state index contributed by atoms with van der Waals surface area (Å²) >= 11 is 0. The van der Waals surface area contributed by atoms with Gasteiger partial charge in [0.05, 0.1) is 18.3 Å². The number of carbonyl (C=O) groups excluding carboxylic acids is 2. The number of pyridine rings is 1. The molecule has 1 unspecified atom stereocenters. The van der Waals surface area contributed by atoms with Crippen LogP contribution in [0.15, 0.2) is 41.3 Å². The second-order valence-corrected chi connectivity index (χ2v) is 11.1. The summed E-state index contributed by atoms with van der Waals surface area (Å²) in [5.74, 6) is -4.88. The molecule has 238 valence electrons. The lowest BCUT2D eigenvalue weighted by Crippen LogP contribution is -2.41. The number of rotatable bonds is 4. The van der Waals surface area contributed by atoms with Crippen molar-refractivity contribution < 1.29 is 41.4 Å². The third-order valence-corrected chi connectivity index (χ3v) is 6.61. The maximum absolute atomic E-state index is 14.2. The predicted octanol–water partition coefficient (Wildman–Crippen LogP) is 5.59. The molecule has 4 rings (SSSR count). The predicted molar refractivity (Wildman–Crippen MR) is 155 cm³/mol. The van der Waals surface area contributed by atoms with Gasteiger partial charge in [0.15, 0.2) is 17.1 Å². The number of halogens is 4. The Hall–Kier alpha value is -4.39. The molecule has 1 aromatic heterocycles. The second-order valence-electron chi connectivity index (χ2n) is 11.1. The van der Waals surface area contributed by atoms with Crippen LogP contribution in [0.4, 0.5) is 28.0 Å². The number of aromatic nitrogens is 1. The minimum absolute atomic E-state index is 0.0197. The van der Waals surface area contributed by atoms with Gasteiger partial charge in [0.1, 0.15) is 35.2 Å². The highest BCUT2D eigenvalue weighted by atomic mass is 19.2. The van der Waals surface area contributed by atoms with Gasteiger partial charge in [0, 0.05) is 62.0 Å². The monoisotopic (exact) mass is 621 g/mol. The Bertz CT molecular complexity index is 1600. The molecule has 0 saturated carbocycles. The van der Waals surface area contributed by atoms with Crippen molar-refractivity contribution in [3.8, 4) is 5.75 Å². The van der Waals surface area contributed by atoms with Crippen LogP contribution in [0.2, 0.25) is 0 Å². The quantitative estimate of drug-likeness (QED) is 0.382. The summed E-state index contributed by atoms with van der Waals surface area (Å²) in [6, 6.07) is 3.85. The fourth-order valence-electron chi connectivity index (χ4n) is 4.38. The topological polar surface area (TPSA) is 99.1 Å². The maximum atomic E-state index is 14.2. The molecule has 0 fully saturated rings. The molecule has 0 bridgehead atoms. The van der Waals surface area contributed by atoms with E-state index in [2.05, 4.69) is 10.1 Å². The summed E-state index contributed by atoms with van der Waals surface area (Å²) in [6.07, 6.45) is 0.453. The van der Waals surface area contributed by atoms with Crippen molar-refractivity contribution in [3.63, 3.8) is 0 Å².